The van der Waals surface area contributed by atoms with E-state index in [9.17, 15) is 14.4 Å². The SMILES string of the molecule is CCCOc1ccc(N2C(=O)C[C@H](NNC(=O)c3ccc(COc4ccccc4)o3)C2=O)cc1. The summed E-state index contributed by atoms with van der Waals surface area (Å²) in [5.41, 5.74) is 5.53. The maximum atomic E-state index is 12.8. The van der Waals surface area contributed by atoms with Crippen LogP contribution < -0.4 is 25.2 Å². The number of hydrogen-bond donors (Lipinski definition) is 2. The topological polar surface area (TPSA) is 110 Å². The number of nitrogens with one attached hydrogen (secondary N) is 2. The number of imide groups is 1. The van der Waals surface area contributed by atoms with E-state index >= 15 is 0 Å². The number of carbonyl (C=O) groups is 3. The molecule has 1 saturated heterocycles. The fraction of sp³-hybridized carbons (Fsp3) is 0.240. The van der Waals surface area contributed by atoms with E-state index in [4.69, 9.17) is 13.9 Å². The number of hydrazine groups is 1. The molecule has 1 fully saturated rings. The maximum Gasteiger partial charge on any atom is 0.301 e. The second-order valence-corrected chi connectivity index (χ2v) is 7.63. The second kappa shape index (κ2) is 10.7. The second-order valence-electron chi connectivity index (χ2n) is 7.63. The van der Waals surface area contributed by atoms with Crippen molar-refractivity contribution in [3.8, 4) is 11.5 Å². The Hall–Kier alpha value is -4.11. The lowest BCUT2D eigenvalue weighted by molar-refractivity contribution is -0.121. The van der Waals surface area contributed by atoms with Crippen molar-refractivity contribution in [1.29, 1.82) is 0 Å². The molecule has 0 spiro atoms. The number of para-hydroxylation sites is 1. The molecule has 0 saturated carbocycles. The van der Waals surface area contributed by atoms with Crippen molar-refractivity contribution in [3.05, 3.63) is 78.3 Å². The predicted molar refractivity (Wildman–Crippen MR) is 123 cm³/mol. The first-order chi connectivity index (χ1) is 16.5. The summed E-state index contributed by atoms with van der Waals surface area (Å²) in [6.45, 7) is 2.76. The highest BCUT2D eigenvalue weighted by Crippen LogP contribution is 2.25. The first-order valence-electron chi connectivity index (χ1n) is 11.0. The first kappa shape index (κ1) is 23.1. The van der Waals surface area contributed by atoms with Gasteiger partial charge in [0.25, 0.3) is 5.91 Å². The summed E-state index contributed by atoms with van der Waals surface area (Å²) in [5, 5.41) is 0. The van der Waals surface area contributed by atoms with E-state index in [0.29, 0.717) is 29.6 Å². The van der Waals surface area contributed by atoms with Gasteiger partial charge in [-0.25, -0.2) is 10.3 Å². The van der Waals surface area contributed by atoms with Gasteiger partial charge >= 0.3 is 5.91 Å². The molecule has 2 aromatic carbocycles. The van der Waals surface area contributed by atoms with Gasteiger partial charge in [0.15, 0.2) is 5.76 Å². The van der Waals surface area contributed by atoms with E-state index in [0.717, 1.165) is 11.3 Å². The third-order valence-corrected chi connectivity index (χ3v) is 5.08. The van der Waals surface area contributed by atoms with Crippen LogP contribution in [0.15, 0.2) is 71.1 Å². The summed E-state index contributed by atoms with van der Waals surface area (Å²) in [6.07, 6.45) is 0.798. The van der Waals surface area contributed by atoms with Crippen molar-refractivity contribution in [2.75, 3.05) is 11.5 Å². The van der Waals surface area contributed by atoms with E-state index in [1.54, 1.807) is 30.3 Å². The lowest BCUT2D eigenvalue weighted by Gasteiger charge is -2.16. The monoisotopic (exact) mass is 463 g/mol. The molecule has 1 atom stereocenters. The molecule has 3 amide bonds. The molecular weight excluding hydrogens is 438 g/mol. The number of amides is 3. The normalized spacial score (nSPS) is 15.4. The highest BCUT2D eigenvalue weighted by molar-refractivity contribution is 6.22. The summed E-state index contributed by atoms with van der Waals surface area (Å²) >= 11 is 0. The highest BCUT2D eigenvalue weighted by atomic mass is 16.5. The molecular formula is C25H25N3O6. The van der Waals surface area contributed by atoms with E-state index in [-0.39, 0.29) is 24.7 Å². The van der Waals surface area contributed by atoms with Crippen LogP contribution in [-0.2, 0) is 16.2 Å². The fourth-order valence-corrected chi connectivity index (χ4v) is 3.39. The summed E-state index contributed by atoms with van der Waals surface area (Å²) in [6, 6.07) is 18.2. The first-order valence-corrected chi connectivity index (χ1v) is 11.0. The molecule has 0 bridgehead atoms. The average molecular weight is 463 g/mol. The van der Waals surface area contributed by atoms with Gasteiger partial charge in [-0.2, -0.15) is 0 Å². The summed E-state index contributed by atoms with van der Waals surface area (Å²) in [7, 11) is 0. The number of ether oxygens (including phenoxy) is 2. The minimum atomic E-state index is -0.886. The third-order valence-electron chi connectivity index (χ3n) is 5.08. The molecule has 4 rings (SSSR count). The lowest BCUT2D eigenvalue weighted by Crippen LogP contribution is -2.48. The molecule has 176 valence electrons. The average Bonchev–Trinajstić information content (AvgIpc) is 3.45. The minimum absolute atomic E-state index is 0.0514. The maximum absolute atomic E-state index is 12.8. The number of furan rings is 1. The molecule has 9 heteroatoms. The smallest absolute Gasteiger partial charge is 0.301 e. The van der Waals surface area contributed by atoms with Crippen LogP contribution in [0.25, 0.3) is 0 Å². The summed E-state index contributed by atoms with van der Waals surface area (Å²) in [4.78, 5) is 38.7. The molecule has 2 heterocycles. The molecule has 1 aromatic heterocycles. The molecule has 34 heavy (non-hydrogen) atoms. The molecule has 1 aliphatic heterocycles. The molecule has 0 unspecified atom stereocenters. The molecule has 0 aliphatic carbocycles. The van der Waals surface area contributed by atoms with Gasteiger partial charge in [0.2, 0.25) is 5.91 Å². The van der Waals surface area contributed by atoms with Crippen molar-refractivity contribution in [1.82, 2.24) is 10.9 Å². The van der Waals surface area contributed by atoms with Crippen LogP contribution in [0.3, 0.4) is 0 Å². The number of benzene rings is 2. The highest BCUT2D eigenvalue weighted by Gasteiger charge is 2.39. The summed E-state index contributed by atoms with van der Waals surface area (Å²) < 4.78 is 16.6. The zero-order valence-electron chi connectivity index (χ0n) is 18.7. The molecule has 9 nitrogen and oxygen atoms in total. The van der Waals surface area contributed by atoms with Crippen molar-refractivity contribution < 1.29 is 28.3 Å². The van der Waals surface area contributed by atoms with Crippen LogP contribution >= 0.6 is 0 Å². The number of nitrogens with zero attached hydrogens (tertiary/aromatic N) is 1. The van der Waals surface area contributed by atoms with Crippen LogP contribution in [0.5, 0.6) is 11.5 Å². The standard InChI is InChI=1S/C25H25N3O6/c1-2-14-32-19-10-8-17(9-11-19)28-23(29)15-21(25(28)31)26-27-24(30)22-13-12-20(34-22)16-33-18-6-4-3-5-7-18/h3-13,21,26H,2,14-16H2,1H3,(H,27,30)/t21-/m0/s1. The number of anilines is 1. The third kappa shape index (κ3) is 5.44. The zero-order valence-corrected chi connectivity index (χ0v) is 18.7. The van der Waals surface area contributed by atoms with Gasteiger partial charge in [0.05, 0.1) is 18.7 Å². The van der Waals surface area contributed by atoms with E-state index in [1.165, 1.54) is 6.07 Å². The zero-order chi connectivity index (χ0) is 23.9. The van der Waals surface area contributed by atoms with Gasteiger partial charge in [-0.15, -0.1) is 0 Å². The van der Waals surface area contributed by atoms with Gasteiger partial charge in [-0.1, -0.05) is 25.1 Å². The quantitative estimate of drug-likeness (QED) is 0.351. The molecule has 0 radical (unpaired) electrons. The van der Waals surface area contributed by atoms with Crippen LogP contribution in [-0.4, -0.2) is 30.4 Å². The van der Waals surface area contributed by atoms with Crippen molar-refractivity contribution in [2.45, 2.75) is 32.4 Å². The van der Waals surface area contributed by atoms with Crippen molar-refractivity contribution >= 4 is 23.4 Å². The van der Waals surface area contributed by atoms with Crippen LogP contribution in [0, 0.1) is 0 Å². The van der Waals surface area contributed by atoms with Crippen LogP contribution in [0.1, 0.15) is 36.1 Å². The Kier molecular flexibility index (Phi) is 7.24. The number of hydrogen-bond acceptors (Lipinski definition) is 7. The van der Waals surface area contributed by atoms with Gasteiger partial charge in [-0.3, -0.25) is 19.8 Å². The fourth-order valence-electron chi connectivity index (χ4n) is 3.39. The van der Waals surface area contributed by atoms with Crippen molar-refractivity contribution in [2.24, 2.45) is 0 Å². The van der Waals surface area contributed by atoms with E-state index < -0.39 is 17.9 Å². The summed E-state index contributed by atoms with van der Waals surface area (Å²) in [5.74, 6) is 0.486. The number of rotatable bonds is 10. The molecule has 3 aromatic rings. The molecule has 2 N–H and O–H groups in total. The van der Waals surface area contributed by atoms with Gasteiger partial charge in [0, 0.05) is 0 Å². The van der Waals surface area contributed by atoms with Crippen LogP contribution in [0.2, 0.25) is 0 Å². The van der Waals surface area contributed by atoms with Crippen LogP contribution in [0.4, 0.5) is 5.69 Å². The Labute approximate surface area is 196 Å². The Morgan fingerprint density at radius 3 is 2.47 bits per heavy atom. The largest absolute Gasteiger partial charge is 0.494 e. The lowest BCUT2D eigenvalue weighted by atomic mass is 10.2. The molecule has 1 aliphatic rings. The van der Waals surface area contributed by atoms with Gasteiger partial charge in [-0.05, 0) is 55.0 Å². The van der Waals surface area contributed by atoms with Crippen molar-refractivity contribution in [3.63, 3.8) is 0 Å². The minimum Gasteiger partial charge on any atom is -0.494 e. The Balaban J connectivity index is 1.30. The Bertz CT molecular complexity index is 1140. The van der Waals surface area contributed by atoms with E-state index in [2.05, 4.69) is 10.9 Å². The predicted octanol–water partition coefficient (Wildman–Crippen LogP) is 3.21. The number of carbonyl (C=O) groups excluding carboxylic acids is 3. The van der Waals surface area contributed by atoms with Gasteiger partial charge < -0.3 is 13.9 Å². The Morgan fingerprint density at radius 2 is 1.74 bits per heavy atom. The van der Waals surface area contributed by atoms with E-state index in [1.807, 2.05) is 37.3 Å². The van der Waals surface area contributed by atoms with Gasteiger partial charge in [0.1, 0.15) is 29.9 Å². The Morgan fingerprint density at radius 1 is 1.00 bits per heavy atom.